The maximum atomic E-state index is 14.1. The van der Waals surface area contributed by atoms with E-state index in [1.807, 2.05) is 61.5 Å². The highest BCUT2D eigenvalue weighted by Gasteiger charge is 2.26. The topological polar surface area (TPSA) is 133 Å². The number of pyridine rings is 1. The number of aromatic nitrogens is 4. The van der Waals surface area contributed by atoms with Crippen LogP contribution in [0.5, 0.6) is 0 Å². The highest BCUT2D eigenvalue weighted by Crippen LogP contribution is 2.27. The van der Waals surface area contributed by atoms with Crippen molar-refractivity contribution < 1.29 is 9.21 Å². The predicted octanol–water partition coefficient (Wildman–Crippen LogP) is 3.54. The molecular formula is C29H23N7O3. The Labute approximate surface area is 222 Å². The molecule has 0 saturated heterocycles. The number of oxazole rings is 1. The highest BCUT2D eigenvalue weighted by atomic mass is 16.3. The molecule has 1 unspecified atom stereocenters. The summed E-state index contributed by atoms with van der Waals surface area (Å²) in [4.78, 5) is 31.5. The molecule has 0 spiro atoms. The van der Waals surface area contributed by atoms with Crippen LogP contribution in [0, 0.1) is 11.8 Å². The Morgan fingerprint density at radius 2 is 2.03 bits per heavy atom. The molecule has 0 saturated carbocycles. The van der Waals surface area contributed by atoms with E-state index in [-0.39, 0.29) is 16.9 Å². The molecule has 0 bridgehead atoms. The fourth-order valence-electron chi connectivity index (χ4n) is 4.66. The van der Waals surface area contributed by atoms with E-state index in [0.717, 1.165) is 0 Å². The van der Waals surface area contributed by atoms with Crippen molar-refractivity contribution in [3.8, 4) is 17.5 Å². The number of nitrogen functional groups attached to an aromatic ring is 1. The zero-order valence-electron chi connectivity index (χ0n) is 20.9. The van der Waals surface area contributed by atoms with Gasteiger partial charge in [-0.1, -0.05) is 36.3 Å². The molecule has 1 aliphatic heterocycles. The molecule has 192 valence electrons. The van der Waals surface area contributed by atoms with E-state index in [0.29, 0.717) is 45.8 Å². The maximum Gasteiger partial charge on any atom is 0.264 e. The first-order valence-corrected chi connectivity index (χ1v) is 12.2. The zero-order chi connectivity index (χ0) is 26.9. The van der Waals surface area contributed by atoms with Crippen LogP contribution < -0.4 is 21.9 Å². The summed E-state index contributed by atoms with van der Waals surface area (Å²) >= 11 is 0. The van der Waals surface area contributed by atoms with Crippen LogP contribution in [0.2, 0.25) is 0 Å². The number of amides is 1. The smallest absolute Gasteiger partial charge is 0.264 e. The molecule has 4 N–H and O–H groups in total. The molecule has 6 rings (SSSR count). The standard InChI is InChI=1S/C29H23N7O3/c1-18(33-28(37)25-26(30)34-35-14-6-13-31-27(25)35)23-15-20-8-5-7-19(11-12-21-16-39-17-32-21)24(20)29(38)36(23)22-9-3-2-4-10-22/h2-10,14-18,31H,13H2,1H3,(H2,30,34)(H,33,37). The summed E-state index contributed by atoms with van der Waals surface area (Å²) in [5.74, 6) is 6.23. The summed E-state index contributed by atoms with van der Waals surface area (Å²) in [5, 5.41) is 11.5. The van der Waals surface area contributed by atoms with Crippen LogP contribution in [0.4, 0.5) is 11.6 Å². The van der Waals surface area contributed by atoms with Gasteiger partial charge in [0.05, 0.1) is 11.4 Å². The van der Waals surface area contributed by atoms with Gasteiger partial charge in [-0.05, 0) is 48.6 Å². The number of carbonyl (C=O) groups excluding carboxylic acids is 1. The Morgan fingerprint density at radius 1 is 1.18 bits per heavy atom. The van der Waals surface area contributed by atoms with Gasteiger partial charge in [-0.25, -0.2) is 9.67 Å². The number of anilines is 2. The van der Waals surface area contributed by atoms with Crippen molar-refractivity contribution in [1.29, 1.82) is 0 Å². The van der Waals surface area contributed by atoms with Crippen LogP contribution in [0.3, 0.4) is 0 Å². The van der Waals surface area contributed by atoms with E-state index in [1.165, 1.54) is 17.3 Å². The molecule has 10 nitrogen and oxygen atoms in total. The SMILES string of the molecule is CC(NC(=O)c1c(N)nn2c1NCC=C2)c1cc2cccc(C#Cc3cocn3)c2c(=O)n1-c1ccccc1. The van der Waals surface area contributed by atoms with E-state index in [2.05, 4.69) is 32.6 Å². The van der Waals surface area contributed by atoms with Crippen molar-refractivity contribution in [1.82, 2.24) is 24.6 Å². The second kappa shape index (κ2) is 9.72. The summed E-state index contributed by atoms with van der Waals surface area (Å²) in [6, 6.07) is 16.1. The quantitative estimate of drug-likeness (QED) is 0.311. The number of fused-ring (bicyclic) bond motifs is 2. The summed E-state index contributed by atoms with van der Waals surface area (Å²) in [6.45, 7) is 2.38. The third-order valence-electron chi connectivity index (χ3n) is 6.44. The Hall–Kier alpha value is -5.56. The Kier molecular flexibility index (Phi) is 5.93. The third-order valence-corrected chi connectivity index (χ3v) is 6.44. The maximum absolute atomic E-state index is 14.1. The number of hydrogen-bond acceptors (Lipinski definition) is 7. The normalized spacial score (nSPS) is 12.7. The third kappa shape index (κ3) is 4.32. The molecule has 5 aromatic rings. The lowest BCUT2D eigenvalue weighted by Gasteiger charge is -2.21. The van der Waals surface area contributed by atoms with Crippen LogP contribution in [-0.4, -0.2) is 31.8 Å². The number of hydrogen-bond donors (Lipinski definition) is 3. The Bertz CT molecular complexity index is 1860. The average molecular weight is 518 g/mol. The first kappa shape index (κ1) is 23.8. The van der Waals surface area contributed by atoms with Gasteiger partial charge >= 0.3 is 0 Å². The second-order valence-electron chi connectivity index (χ2n) is 8.95. The first-order chi connectivity index (χ1) is 19.0. The van der Waals surface area contributed by atoms with Gasteiger partial charge in [-0.3, -0.25) is 14.2 Å². The van der Waals surface area contributed by atoms with Gasteiger partial charge in [0.15, 0.2) is 17.9 Å². The van der Waals surface area contributed by atoms with Crippen LogP contribution in [0.1, 0.15) is 40.3 Å². The molecule has 0 radical (unpaired) electrons. The number of para-hydroxylation sites is 1. The van der Waals surface area contributed by atoms with Gasteiger partial charge in [-0.2, -0.15) is 0 Å². The molecule has 1 aliphatic rings. The fourth-order valence-corrected chi connectivity index (χ4v) is 4.66. The Balaban J connectivity index is 1.47. The van der Waals surface area contributed by atoms with Crippen molar-refractivity contribution in [2.75, 3.05) is 17.6 Å². The highest BCUT2D eigenvalue weighted by molar-refractivity contribution is 6.04. The molecule has 39 heavy (non-hydrogen) atoms. The number of nitrogens with two attached hydrogens (primary N) is 1. The molecule has 0 aliphatic carbocycles. The van der Waals surface area contributed by atoms with E-state index in [1.54, 1.807) is 16.8 Å². The number of nitrogens with one attached hydrogen (secondary N) is 2. The predicted molar refractivity (Wildman–Crippen MR) is 148 cm³/mol. The zero-order valence-corrected chi connectivity index (χ0v) is 20.9. The molecule has 0 fully saturated rings. The van der Waals surface area contributed by atoms with E-state index < -0.39 is 11.9 Å². The summed E-state index contributed by atoms with van der Waals surface area (Å²) in [5.41, 5.74) is 8.38. The van der Waals surface area contributed by atoms with Gasteiger partial charge < -0.3 is 20.8 Å². The van der Waals surface area contributed by atoms with Crippen LogP contribution in [-0.2, 0) is 0 Å². The molecule has 1 amide bonds. The van der Waals surface area contributed by atoms with E-state index in [9.17, 15) is 9.59 Å². The van der Waals surface area contributed by atoms with Gasteiger partial charge in [-0.15, -0.1) is 5.10 Å². The molecule has 10 heteroatoms. The molecule has 1 atom stereocenters. The van der Waals surface area contributed by atoms with Crippen molar-refractivity contribution >= 4 is 34.5 Å². The Morgan fingerprint density at radius 3 is 2.82 bits per heavy atom. The van der Waals surface area contributed by atoms with E-state index >= 15 is 0 Å². The lowest BCUT2D eigenvalue weighted by atomic mass is 10.0. The van der Waals surface area contributed by atoms with Crippen molar-refractivity contribution in [2.45, 2.75) is 13.0 Å². The lowest BCUT2D eigenvalue weighted by Crippen LogP contribution is -2.33. The summed E-state index contributed by atoms with van der Waals surface area (Å²) in [7, 11) is 0. The molecule has 2 aromatic carbocycles. The van der Waals surface area contributed by atoms with Crippen molar-refractivity contribution in [2.24, 2.45) is 0 Å². The largest absolute Gasteiger partial charge is 0.450 e. The number of rotatable bonds is 4. The first-order valence-electron chi connectivity index (χ1n) is 12.2. The van der Waals surface area contributed by atoms with Crippen LogP contribution in [0.25, 0.3) is 22.7 Å². The van der Waals surface area contributed by atoms with Gasteiger partial charge in [0.2, 0.25) is 0 Å². The second-order valence-corrected chi connectivity index (χ2v) is 8.95. The molecule has 4 heterocycles. The monoisotopic (exact) mass is 517 g/mol. The molecule has 3 aromatic heterocycles. The number of nitrogens with zero attached hydrogens (tertiary/aromatic N) is 4. The average Bonchev–Trinajstić information content (AvgIpc) is 3.59. The fraction of sp³-hybridized carbons (Fsp3) is 0.103. The minimum atomic E-state index is -0.561. The molecular weight excluding hydrogens is 494 g/mol. The van der Waals surface area contributed by atoms with Gasteiger partial charge in [0, 0.05) is 29.7 Å². The van der Waals surface area contributed by atoms with Crippen molar-refractivity contribution in [3.63, 3.8) is 0 Å². The summed E-state index contributed by atoms with van der Waals surface area (Å²) in [6.07, 6.45) is 6.38. The number of benzene rings is 2. The minimum absolute atomic E-state index is 0.114. The van der Waals surface area contributed by atoms with Gasteiger partial charge in [0.1, 0.15) is 17.6 Å². The van der Waals surface area contributed by atoms with Gasteiger partial charge in [0.25, 0.3) is 11.5 Å². The van der Waals surface area contributed by atoms with Crippen LogP contribution >= 0.6 is 0 Å². The lowest BCUT2D eigenvalue weighted by molar-refractivity contribution is 0.0940. The van der Waals surface area contributed by atoms with Crippen molar-refractivity contribution in [3.05, 3.63) is 106 Å². The minimum Gasteiger partial charge on any atom is -0.450 e. The summed E-state index contributed by atoms with van der Waals surface area (Å²) < 4.78 is 8.14. The van der Waals surface area contributed by atoms with E-state index in [4.69, 9.17) is 10.2 Å². The van der Waals surface area contributed by atoms with Crippen LogP contribution in [0.15, 0.2) is 82.5 Å². The number of carbonyl (C=O) groups is 1.